The van der Waals surface area contributed by atoms with E-state index >= 15 is 0 Å². The van der Waals surface area contributed by atoms with Crippen molar-refractivity contribution in [2.24, 2.45) is 0 Å². The first-order valence-corrected chi connectivity index (χ1v) is 6.56. The first kappa shape index (κ1) is 14.1. The fourth-order valence-corrected chi connectivity index (χ4v) is 2.43. The number of aryl methyl sites for hydroxylation is 1. The van der Waals surface area contributed by atoms with Gasteiger partial charge in [-0.05, 0) is 56.6 Å². The molecule has 1 aliphatic heterocycles. The van der Waals surface area contributed by atoms with E-state index in [2.05, 4.69) is 35.4 Å². The number of aromatic nitrogens is 1. The van der Waals surface area contributed by atoms with Gasteiger partial charge in [0.05, 0.1) is 5.52 Å². The standard InChI is InChI=1S/C15H18N2O.ClH/c1-11-2-3-13-14(10-11)17-9-6-15(13)18-12-4-7-16-8-5-12;/h2-3,6,9-10,12,16H,4-5,7-8H2,1H3;1H. The van der Waals surface area contributed by atoms with Crippen LogP contribution in [0.15, 0.2) is 30.5 Å². The average molecular weight is 279 g/mol. The lowest BCUT2D eigenvalue weighted by Gasteiger charge is -2.24. The maximum atomic E-state index is 6.13. The van der Waals surface area contributed by atoms with Crippen molar-refractivity contribution < 1.29 is 4.74 Å². The number of benzene rings is 1. The second-order valence-electron chi connectivity index (χ2n) is 4.90. The fraction of sp³-hybridized carbons (Fsp3) is 0.400. The lowest BCUT2D eigenvalue weighted by molar-refractivity contribution is 0.164. The summed E-state index contributed by atoms with van der Waals surface area (Å²) in [5.41, 5.74) is 2.25. The van der Waals surface area contributed by atoms with Gasteiger partial charge >= 0.3 is 0 Å². The van der Waals surface area contributed by atoms with Crippen LogP contribution >= 0.6 is 12.4 Å². The van der Waals surface area contributed by atoms with Gasteiger partial charge < -0.3 is 10.1 Å². The van der Waals surface area contributed by atoms with Gasteiger partial charge in [0.15, 0.2) is 0 Å². The summed E-state index contributed by atoms with van der Waals surface area (Å²) in [5, 5.41) is 4.47. The second kappa shape index (κ2) is 6.22. The highest BCUT2D eigenvalue weighted by molar-refractivity contribution is 5.85. The molecule has 2 aromatic rings. The van der Waals surface area contributed by atoms with Crippen molar-refractivity contribution in [1.82, 2.24) is 10.3 Å². The molecule has 0 unspecified atom stereocenters. The minimum Gasteiger partial charge on any atom is -0.490 e. The largest absolute Gasteiger partial charge is 0.490 e. The zero-order chi connectivity index (χ0) is 12.4. The highest BCUT2D eigenvalue weighted by Crippen LogP contribution is 2.26. The number of rotatable bonds is 2. The first-order chi connectivity index (χ1) is 8.83. The van der Waals surface area contributed by atoms with E-state index in [1.807, 2.05) is 12.3 Å². The number of ether oxygens (including phenoxy) is 1. The predicted octanol–water partition coefficient (Wildman–Crippen LogP) is 3.10. The van der Waals surface area contributed by atoms with Crippen LogP contribution in [-0.4, -0.2) is 24.2 Å². The van der Waals surface area contributed by atoms with E-state index in [0.29, 0.717) is 6.10 Å². The lowest BCUT2D eigenvalue weighted by atomic mass is 10.1. The predicted molar refractivity (Wildman–Crippen MR) is 80.2 cm³/mol. The van der Waals surface area contributed by atoms with Crippen molar-refractivity contribution in [2.75, 3.05) is 13.1 Å². The average Bonchev–Trinajstić information content (AvgIpc) is 2.40. The van der Waals surface area contributed by atoms with E-state index in [4.69, 9.17) is 4.74 Å². The Morgan fingerprint density at radius 1 is 1.21 bits per heavy atom. The van der Waals surface area contributed by atoms with Crippen LogP contribution in [0.2, 0.25) is 0 Å². The third kappa shape index (κ3) is 3.17. The molecule has 0 atom stereocenters. The molecule has 102 valence electrons. The van der Waals surface area contributed by atoms with E-state index in [1.54, 1.807) is 0 Å². The Morgan fingerprint density at radius 2 is 2.00 bits per heavy atom. The van der Waals surface area contributed by atoms with Gasteiger partial charge in [0, 0.05) is 11.6 Å². The molecule has 0 radical (unpaired) electrons. The van der Waals surface area contributed by atoms with E-state index in [9.17, 15) is 0 Å². The molecule has 1 aromatic carbocycles. The molecular weight excluding hydrogens is 260 g/mol. The van der Waals surface area contributed by atoms with Crippen molar-refractivity contribution >= 4 is 23.3 Å². The summed E-state index contributed by atoms with van der Waals surface area (Å²) in [6, 6.07) is 8.29. The number of nitrogens with zero attached hydrogens (tertiary/aromatic N) is 1. The Balaban J connectivity index is 0.00000133. The number of fused-ring (bicyclic) bond motifs is 1. The zero-order valence-corrected chi connectivity index (χ0v) is 11.9. The van der Waals surface area contributed by atoms with Gasteiger partial charge in [-0.15, -0.1) is 12.4 Å². The van der Waals surface area contributed by atoms with Crippen LogP contribution in [0, 0.1) is 6.92 Å². The third-order valence-corrected chi connectivity index (χ3v) is 3.44. The monoisotopic (exact) mass is 278 g/mol. The number of hydrogen-bond donors (Lipinski definition) is 1. The molecule has 0 aliphatic carbocycles. The van der Waals surface area contributed by atoms with Gasteiger partial charge in [-0.25, -0.2) is 0 Å². The molecule has 3 rings (SSSR count). The number of piperidine rings is 1. The van der Waals surface area contributed by atoms with Crippen molar-refractivity contribution in [2.45, 2.75) is 25.9 Å². The number of nitrogens with one attached hydrogen (secondary N) is 1. The molecule has 19 heavy (non-hydrogen) atoms. The molecule has 1 N–H and O–H groups in total. The summed E-state index contributed by atoms with van der Waals surface area (Å²) < 4.78 is 6.13. The van der Waals surface area contributed by atoms with Gasteiger partial charge in [-0.1, -0.05) is 6.07 Å². The normalized spacial score (nSPS) is 16.1. The molecule has 0 spiro atoms. The molecule has 1 saturated heterocycles. The van der Waals surface area contributed by atoms with Gasteiger partial charge in [-0.3, -0.25) is 4.98 Å². The van der Waals surface area contributed by atoms with Gasteiger partial charge in [-0.2, -0.15) is 0 Å². The zero-order valence-electron chi connectivity index (χ0n) is 11.1. The van der Waals surface area contributed by atoms with Gasteiger partial charge in [0.1, 0.15) is 11.9 Å². The molecule has 4 heteroatoms. The molecule has 0 saturated carbocycles. The summed E-state index contributed by atoms with van der Waals surface area (Å²) in [6.07, 6.45) is 4.32. The number of halogens is 1. The molecule has 2 heterocycles. The molecule has 3 nitrogen and oxygen atoms in total. The fourth-order valence-electron chi connectivity index (χ4n) is 2.43. The Labute approximate surface area is 119 Å². The molecule has 0 amide bonds. The maximum Gasteiger partial charge on any atom is 0.130 e. The molecule has 1 aromatic heterocycles. The maximum absolute atomic E-state index is 6.13. The van der Waals surface area contributed by atoms with Crippen LogP contribution in [0.4, 0.5) is 0 Å². The Kier molecular flexibility index (Phi) is 4.61. The number of pyridine rings is 1. The highest BCUT2D eigenvalue weighted by Gasteiger charge is 2.15. The first-order valence-electron chi connectivity index (χ1n) is 6.56. The Hall–Kier alpha value is -1.32. The SMILES string of the molecule is Cc1ccc2c(OC3CCNCC3)ccnc2c1.Cl. The minimum atomic E-state index is 0. The van der Waals surface area contributed by atoms with E-state index in [1.165, 1.54) is 5.56 Å². The van der Waals surface area contributed by atoms with Crippen LogP contribution in [0.3, 0.4) is 0 Å². The molecular formula is C15H19ClN2O. The number of hydrogen-bond acceptors (Lipinski definition) is 3. The quantitative estimate of drug-likeness (QED) is 0.917. The topological polar surface area (TPSA) is 34.1 Å². The van der Waals surface area contributed by atoms with Gasteiger partial charge in [0.25, 0.3) is 0 Å². The lowest BCUT2D eigenvalue weighted by Crippen LogP contribution is -2.34. The summed E-state index contributed by atoms with van der Waals surface area (Å²) in [7, 11) is 0. The van der Waals surface area contributed by atoms with Crippen LogP contribution < -0.4 is 10.1 Å². The van der Waals surface area contributed by atoms with Crippen LogP contribution in [0.5, 0.6) is 5.75 Å². The molecule has 0 bridgehead atoms. The van der Waals surface area contributed by atoms with Crippen LogP contribution in [-0.2, 0) is 0 Å². The Bertz CT molecular complexity index is 553. The minimum absolute atomic E-state index is 0. The highest BCUT2D eigenvalue weighted by atomic mass is 35.5. The van der Waals surface area contributed by atoms with Gasteiger partial charge in [0.2, 0.25) is 0 Å². The van der Waals surface area contributed by atoms with E-state index in [0.717, 1.165) is 42.6 Å². The summed E-state index contributed by atoms with van der Waals surface area (Å²) in [5.74, 6) is 0.965. The molecule has 1 fully saturated rings. The Morgan fingerprint density at radius 3 is 2.79 bits per heavy atom. The third-order valence-electron chi connectivity index (χ3n) is 3.44. The van der Waals surface area contributed by atoms with Crippen molar-refractivity contribution in [3.63, 3.8) is 0 Å². The van der Waals surface area contributed by atoms with E-state index in [-0.39, 0.29) is 12.4 Å². The summed E-state index contributed by atoms with van der Waals surface area (Å²) in [4.78, 5) is 4.40. The van der Waals surface area contributed by atoms with Crippen molar-refractivity contribution in [3.05, 3.63) is 36.0 Å². The second-order valence-corrected chi connectivity index (χ2v) is 4.90. The van der Waals surface area contributed by atoms with E-state index < -0.39 is 0 Å². The summed E-state index contributed by atoms with van der Waals surface area (Å²) >= 11 is 0. The van der Waals surface area contributed by atoms with Crippen molar-refractivity contribution in [1.29, 1.82) is 0 Å². The van der Waals surface area contributed by atoms with Crippen LogP contribution in [0.25, 0.3) is 10.9 Å². The van der Waals surface area contributed by atoms with Crippen LogP contribution in [0.1, 0.15) is 18.4 Å². The summed E-state index contributed by atoms with van der Waals surface area (Å²) in [6.45, 7) is 4.18. The van der Waals surface area contributed by atoms with Crippen molar-refractivity contribution in [3.8, 4) is 5.75 Å². The molecule has 1 aliphatic rings. The smallest absolute Gasteiger partial charge is 0.130 e.